The highest BCUT2D eigenvalue weighted by atomic mass is 16.5. The van der Waals surface area contributed by atoms with Gasteiger partial charge in [0.15, 0.2) is 0 Å². The van der Waals surface area contributed by atoms with Crippen molar-refractivity contribution in [2.75, 3.05) is 55.9 Å². The number of morpholine rings is 1. The summed E-state index contributed by atoms with van der Waals surface area (Å²) in [6, 6.07) is 1.74. The van der Waals surface area contributed by atoms with Gasteiger partial charge in [-0.1, -0.05) is 0 Å². The molecule has 0 amide bonds. The highest BCUT2D eigenvalue weighted by Gasteiger charge is 2.22. The molecule has 0 saturated carbocycles. The van der Waals surface area contributed by atoms with Crippen LogP contribution in [0.15, 0.2) is 12.3 Å². The monoisotopic (exact) mass is 359 g/mol. The van der Waals surface area contributed by atoms with E-state index in [1.54, 1.807) is 12.3 Å². The maximum atomic E-state index is 6.01. The van der Waals surface area contributed by atoms with Gasteiger partial charge in [-0.25, -0.2) is 9.97 Å². The van der Waals surface area contributed by atoms with Crippen molar-refractivity contribution in [1.82, 2.24) is 19.9 Å². The molecule has 0 unspecified atom stereocenters. The fourth-order valence-corrected chi connectivity index (χ4v) is 2.90. The second-order valence-corrected chi connectivity index (χ2v) is 6.12. The van der Waals surface area contributed by atoms with Crippen molar-refractivity contribution < 1.29 is 14.2 Å². The zero-order valence-electron chi connectivity index (χ0n) is 14.3. The summed E-state index contributed by atoms with van der Waals surface area (Å²) in [5, 5.41) is 0. The van der Waals surface area contributed by atoms with E-state index < -0.39 is 0 Å². The van der Waals surface area contributed by atoms with Crippen LogP contribution in [0.1, 0.15) is 6.42 Å². The van der Waals surface area contributed by atoms with Crippen LogP contribution in [-0.2, 0) is 9.47 Å². The molecule has 2 aliphatic rings. The van der Waals surface area contributed by atoms with Crippen LogP contribution < -0.4 is 21.1 Å². The number of aromatic nitrogens is 4. The van der Waals surface area contributed by atoms with E-state index in [9.17, 15) is 0 Å². The lowest BCUT2D eigenvalue weighted by atomic mass is 10.2. The van der Waals surface area contributed by atoms with Crippen LogP contribution in [-0.4, -0.2) is 65.6 Å². The van der Waals surface area contributed by atoms with Gasteiger partial charge in [-0.15, -0.1) is 0 Å². The van der Waals surface area contributed by atoms with E-state index in [1.807, 2.05) is 0 Å². The van der Waals surface area contributed by atoms with Crippen LogP contribution in [0.25, 0.3) is 11.3 Å². The molecule has 10 nitrogen and oxygen atoms in total. The Kier molecular flexibility index (Phi) is 4.67. The summed E-state index contributed by atoms with van der Waals surface area (Å²) in [4.78, 5) is 19.3. The van der Waals surface area contributed by atoms with E-state index in [0.29, 0.717) is 62.6 Å². The average molecular weight is 359 g/mol. The second kappa shape index (κ2) is 7.26. The van der Waals surface area contributed by atoms with Crippen molar-refractivity contribution in [1.29, 1.82) is 0 Å². The lowest BCUT2D eigenvalue weighted by Crippen LogP contribution is -2.37. The van der Waals surface area contributed by atoms with E-state index in [2.05, 4.69) is 24.8 Å². The van der Waals surface area contributed by atoms with Crippen molar-refractivity contribution in [3.8, 4) is 17.1 Å². The number of nitrogens with two attached hydrogens (primary N) is 2. The number of hydrogen-bond acceptors (Lipinski definition) is 10. The number of nitrogen functional groups attached to an aromatic ring is 2. The molecule has 0 aliphatic carbocycles. The molecule has 2 aromatic rings. The fraction of sp³-hybridized carbons (Fsp3) is 0.500. The van der Waals surface area contributed by atoms with Gasteiger partial charge < -0.3 is 30.6 Å². The fourth-order valence-electron chi connectivity index (χ4n) is 2.90. The molecule has 0 radical (unpaired) electrons. The molecule has 0 aromatic carbocycles. The van der Waals surface area contributed by atoms with Gasteiger partial charge in [0, 0.05) is 31.8 Å². The van der Waals surface area contributed by atoms with Gasteiger partial charge in [-0.3, -0.25) is 0 Å². The molecule has 2 fully saturated rings. The number of hydrogen-bond donors (Lipinski definition) is 2. The van der Waals surface area contributed by atoms with Crippen molar-refractivity contribution in [2.45, 2.75) is 12.5 Å². The van der Waals surface area contributed by atoms with E-state index in [0.717, 1.165) is 6.42 Å². The Labute approximate surface area is 150 Å². The Morgan fingerprint density at radius 1 is 1.08 bits per heavy atom. The average Bonchev–Trinajstić information content (AvgIpc) is 3.15. The Bertz CT molecular complexity index is 776. The van der Waals surface area contributed by atoms with E-state index >= 15 is 0 Å². The summed E-state index contributed by atoms with van der Waals surface area (Å²) in [5.41, 5.74) is 12.8. The molecular weight excluding hydrogens is 338 g/mol. The van der Waals surface area contributed by atoms with Crippen LogP contribution in [0.4, 0.5) is 17.7 Å². The summed E-state index contributed by atoms with van der Waals surface area (Å²) >= 11 is 0. The van der Waals surface area contributed by atoms with Crippen LogP contribution in [0.2, 0.25) is 0 Å². The Morgan fingerprint density at radius 3 is 2.65 bits per heavy atom. The molecule has 1 atom stereocenters. The van der Waals surface area contributed by atoms with E-state index in [1.165, 1.54) is 0 Å². The summed E-state index contributed by atoms with van der Waals surface area (Å²) in [6.07, 6.45) is 2.38. The highest BCUT2D eigenvalue weighted by molar-refractivity contribution is 5.72. The van der Waals surface area contributed by atoms with Gasteiger partial charge in [0.1, 0.15) is 11.9 Å². The number of rotatable bonds is 4. The first kappa shape index (κ1) is 16.7. The minimum atomic E-state index is -0.0182. The Balaban J connectivity index is 1.71. The third-order valence-electron chi connectivity index (χ3n) is 4.27. The van der Waals surface area contributed by atoms with Gasteiger partial charge >= 0.3 is 0 Å². The quantitative estimate of drug-likeness (QED) is 0.774. The number of anilines is 3. The zero-order valence-corrected chi connectivity index (χ0v) is 14.3. The minimum Gasteiger partial charge on any atom is -0.472 e. The van der Waals surface area contributed by atoms with Crippen molar-refractivity contribution in [3.05, 3.63) is 12.3 Å². The lowest BCUT2D eigenvalue weighted by molar-refractivity contribution is 0.121. The van der Waals surface area contributed by atoms with Crippen molar-refractivity contribution >= 4 is 17.7 Å². The Hall–Kier alpha value is -2.72. The smallest absolute Gasteiger partial charge is 0.229 e. The van der Waals surface area contributed by atoms with Crippen LogP contribution >= 0.6 is 0 Å². The predicted octanol–water partition coefficient (Wildman–Crippen LogP) is 0.102. The molecular formula is C16H21N7O3. The molecule has 0 bridgehead atoms. The topological polar surface area (TPSA) is 135 Å². The third kappa shape index (κ3) is 3.60. The molecule has 2 aromatic heterocycles. The van der Waals surface area contributed by atoms with E-state index in [-0.39, 0.29) is 17.9 Å². The zero-order chi connectivity index (χ0) is 17.9. The molecule has 2 saturated heterocycles. The summed E-state index contributed by atoms with van der Waals surface area (Å²) in [7, 11) is 0. The molecule has 2 aliphatic heterocycles. The van der Waals surface area contributed by atoms with Crippen LogP contribution in [0.3, 0.4) is 0 Å². The van der Waals surface area contributed by atoms with Gasteiger partial charge in [-0.05, 0) is 0 Å². The summed E-state index contributed by atoms with van der Waals surface area (Å²) in [6.45, 7) is 3.93. The lowest BCUT2D eigenvalue weighted by Gasteiger charge is -2.27. The standard InChI is InChI=1S/C16H21N7O3/c17-14-11(8-19-15(18)22-14)12-7-13(26-10-1-4-25-9-10)21-16(20-12)23-2-5-24-6-3-23/h7-8,10H,1-6,9H2,(H4,17,18,19,22)/t10-/m0/s1. The molecule has 26 heavy (non-hydrogen) atoms. The molecule has 138 valence electrons. The molecule has 0 spiro atoms. The maximum Gasteiger partial charge on any atom is 0.229 e. The molecule has 10 heteroatoms. The third-order valence-corrected chi connectivity index (χ3v) is 4.27. The normalized spacial score (nSPS) is 20.3. The first-order valence-electron chi connectivity index (χ1n) is 8.53. The largest absolute Gasteiger partial charge is 0.472 e. The minimum absolute atomic E-state index is 0.0182. The van der Waals surface area contributed by atoms with E-state index in [4.69, 9.17) is 25.7 Å². The maximum absolute atomic E-state index is 6.01. The molecule has 4 N–H and O–H groups in total. The van der Waals surface area contributed by atoms with Crippen LogP contribution in [0.5, 0.6) is 5.88 Å². The van der Waals surface area contributed by atoms with Gasteiger partial charge in [-0.2, -0.15) is 9.97 Å². The SMILES string of the molecule is Nc1ncc(-c2cc(O[C@H]3CCOC3)nc(N3CCOCC3)n2)c(N)n1. The van der Waals surface area contributed by atoms with Crippen molar-refractivity contribution in [2.24, 2.45) is 0 Å². The first-order valence-corrected chi connectivity index (χ1v) is 8.53. The van der Waals surface area contributed by atoms with Crippen LogP contribution in [0, 0.1) is 0 Å². The highest BCUT2D eigenvalue weighted by Crippen LogP contribution is 2.28. The number of nitrogens with zero attached hydrogens (tertiary/aromatic N) is 5. The summed E-state index contributed by atoms with van der Waals surface area (Å²) < 4.78 is 16.8. The predicted molar refractivity (Wildman–Crippen MR) is 94.8 cm³/mol. The molecule has 4 heterocycles. The van der Waals surface area contributed by atoms with Gasteiger partial charge in [0.2, 0.25) is 17.8 Å². The Morgan fingerprint density at radius 2 is 1.92 bits per heavy atom. The van der Waals surface area contributed by atoms with Crippen molar-refractivity contribution in [3.63, 3.8) is 0 Å². The summed E-state index contributed by atoms with van der Waals surface area (Å²) in [5.74, 6) is 1.42. The van der Waals surface area contributed by atoms with Gasteiger partial charge in [0.25, 0.3) is 0 Å². The number of ether oxygens (including phenoxy) is 3. The molecule has 4 rings (SSSR count). The first-order chi connectivity index (χ1) is 12.7. The van der Waals surface area contributed by atoms with Gasteiger partial charge in [0.05, 0.1) is 37.7 Å². The second-order valence-electron chi connectivity index (χ2n) is 6.12.